The monoisotopic (exact) mass is 480 g/mol. The molecule has 0 spiro atoms. The molecule has 0 heterocycles. The molecule has 4 rings (SSSR count). The van der Waals surface area contributed by atoms with Crippen molar-refractivity contribution in [2.24, 2.45) is 28.6 Å². The summed E-state index contributed by atoms with van der Waals surface area (Å²) in [6.07, 6.45) is 0.883. The molecule has 6 nitrogen and oxygen atoms in total. The van der Waals surface area contributed by atoms with Gasteiger partial charge in [0.15, 0.2) is 17.1 Å². The average molecular weight is 481 g/mol. The van der Waals surface area contributed by atoms with E-state index < -0.39 is 76.3 Å². The van der Waals surface area contributed by atoms with Crippen LogP contribution < -0.4 is 0 Å². The maximum absolute atomic E-state index is 17.2. The van der Waals surface area contributed by atoms with Gasteiger partial charge < -0.3 is 14.9 Å². The zero-order valence-electron chi connectivity index (χ0n) is 20.1. The molecular formula is C26H34F2O6. The molecule has 3 fully saturated rings. The number of fused-ring (bicyclic) bond motifs is 5. The minimum absolute atomic E-state index is 0.0273. The van der Waals surface area contributed by atoms with Gasteiger partial charge in [-0.25, -0.2) is 8.78 Å². The van der Waals surface area contributed by atoms with Gasteiger partial charge in [-0.2, -0.15) is 0 Å². The van der Waals surface area contributed by atoms with Gasteiger partial charge >= 0.3 is 5.97 Å². The highest BCUT2D eigenvalue weighted by Crippen LogP contribution is 2.71. The van der Waals surface area contributed by atoms with E-state index >= 15 is 8.78 Å². The third kappa shape index (κ3) is 2.93. The van der Waals surface area contributed by atoms with Crippen LogP contribution in [0.3, 0.4) is 0 Å². The first-order chi connectivity index (χ1) is 15.8. The summed E-state index contributed by atoms with van der Waals surface area (Å²) < 4.78 is 38.6. The SMILES string of the molecule is CCCC(=O)O[C@]1(C(=O)CO)[C@H](C)C[C@H]2[C@@H]3C[C@H](F)C4=CC(=O)C=C[C@]4(C)[C@@]3(F)[C@@H](O)C[C@@]21C. The first-order valence-corrected chi connectivity index (χ1v) is 12.2. The summed E-state index contributed by atoms with van der Waals surface area (Å²) >= 11 is 0. The fourth-order valence-electron chi connectivity index (χ4n) is 7.94. The zero-order chi connectivity index (χ0) is 25.3. The van der Waals surface area contributed by atoms with Crippen LogP contribution in [0.5, 0.6) is 0 Å². The lowest BCUT2D eigenvalue weighted by molar-refractivity contribution is -0.231. The maximum Gasteiger partial charge on any atom is 0.306 e. The predicted molar refractivity (Wildman–Crippen MR) is 119 cm³/mol. The molecule has 0 aromatic rings. The van der Waals surface area contributed by atoms with Crippen molar-refractivity contribution in [1.29, 1.82) is 0 Å². The number of alkyl halides is 2. The summed E-state index contributed by atoms with van der Waals surface area (Å²) in [5, 5.41) is 21.2. The van der Waals surface area contributed by atoms with Crippen LogP contribution in [0.2, 0.25) is 0 Å². The number of Topliss-reactive ketones (excluding diaryl/α,β-unsaturated/α-hetero) is 1. The predicted octanol–water partition coefficient (Wildman–Crippen LogP) is 3.19. The number of halogens is 2. The Balaban J connectivity index is 1.86. The van der Waals surface area contributed by atoms with Crippen molar-refractivity contribution in [3.63, 3.8) is 0 Å². The first-order valence-electron chi connectivity index (χ1n) is 12.2. The number of aliphatic hydroxyl groups is 2. The second kappa shape index (κ2) is 8.05. The molecule has 3 saturated carbocycles. The van der Waals surface area contributed by atoms with Gasteiger partial charge in [0.1, 0.15) is 12.8 Å². The van der Waals surface area contributed by atoms with Gasteiger partial charge in [0.25, 0.3) is 0 Å². The van der Waals surface area contributed by atoms with Crippen LogP contribution in [0, 0.1) is 28.6 Å². The molecule has 0 aromatic heterocycles. The van der Waals surface area contributed by atoms with E-state index in [1.165, 1.54) is 19.1 Å². The van der Waals surface area contributed by atoms with Crippen LogP contribution in [-0.4, -0.2) is 57.9 Å². The molecule has 2 N–H and O–H groups in total. The van der Waals surface area contributed by atoms with Gasteiger partial charge in [-0.1, -0.05) is 26.8 Å². The fourth-order valence-corrected chi connectivity index (χ4v) is 7.94. The van der Waals surface area contributed by atoms with Crippen molar-refractivity contribution in [2.75, 3.05) is 6.61 Å². The summed E-state index contributed by atoms with van der Waals surface area (Å²) in [5.74, 6) is -3.85. The highest BCUT2D eigenvalue weighted by molar-refractivity contribution is 6.01. The molecule has 188 valence electrons. The number of carbonyl (C=O) groups excluding carboxylic acids is 3. The van der Waals surface area contributed by atoms with E-state index in [1.807, 2.05) is 0 Å². The van der Waals surface area contributed by atoms with E-state index in [9.17, 15) is 24.6 Å². The lowest BCUT2D eigenvalue weighted by Gasteiger charge is -2.63. The largest absolute Gasteiger partial charge is 0.450 e. The van der Waals surface area contributed by atoms with E-state index in [-0.39, 0.29) is 31.3 Å². The second-order valence-corrected chi connectivity index (χ2v) is 11.0. The van der Waals surface area contributed by atoms with Gasteiger partial charge in [-0.15, -0.1) is 0 Å². The van der Waals surface area contributed by atoms with Gasteiger partial charge in [-0.05, 0) is 56.3 Å². The van der Waals surface area contributed by atoms with E-state index in [2.05, 4.69) is 0 Å². The molecule has 0 unspecified atom stereocenters. The molecule has 4 aliphatic rings. The number of rotatable bonds is 5. The Labute approximate surface area is 198 Å². The van der Waals surface area contributed by atoms with Gasteiger partial charge in [0.2, 0.25) is 5.78 Å². The molecular weight excluding hydrogens is 446 g/mol. The minimum atomic E-state index is -2.28. The highest BCUT2D eigenvalue weighted by atomic mass is 19.1. The number of esters is 1. The van der Waals surface area contributed by atoms with Gasteiger partial charge in [0, 0.05) is 29.1 Å². The van der Waals surface area contributed by atoms with E-state index in [1.54, 1.807) is 20.8 Å². The number of ketones is 2. The maximum atomic E-state index is 17.2. The van der Waals surface area contributed by atoms with E-state index in [0.717, 1.165) is 6.08 Å². The molecule has 0 aliphatic heterocycles. The highest BCUT2D eigenvalue weighted by Gasteiger charge is 2.78. The second-order valence-electron chi connectivity index (χ2n) is 11.0. The summed E-state index contributed by atoms with van der Waals surface area (Å²) in [6.45, 7) is 5.86. The smallest absolute Gasteiger partial charge is 0.306 e. The first kappa shape index (κ1) is 25.2. The summed E-state index contributed by atoms with van der Waals surface area (Å²) in [5.41, 5.74) is -6.74. The van der Waals surface area contributed by atoms with Crippen LogP contribution in [0.4, 0.5) is 8.78 Å². The van der Waals surface area contributed by atoms with E-state index in [4.69, 9.17) is 4.74 Å². The molecule has 0 amide bonds. The third-order valence-corrected chi connectivity index (χ3v) is 9.46. The molecule has 0 aromatic carbocycles. The van der Waals surface area contributed by atoms with Crippen molar-refractivity contribution in [3.05, 3.63) is 23.8 Å². The van der Waals surface area contributed by atoms with Crippen LogP contribution >= 0.6 is 0 Å². The lowest BCUT2D eigenvalue weighted by Crippen LogP contribution is -2.71. The Hall–Kier alpha value is -1.93. The molecule has 4 aliphatic carbocycles. The Bertz CT molecular complexity index is 976. The number of carbonyl (C=O) groups is 3. The van der Waals surface area contributed by atoms with Crippen molar-refractivity contribution in [1.82, 2.24) is 0 Å². The Morgan fingerprint density at radius 3 is 2.53 bits per heavy atom. The van der Waals surface area contributed by atoms with E-state index in [0.29, 0.717) is 6.42 Å². The number of hydrogen-bond acceptors (Lipinski definition) is 6. The van der Waals surface area contributed by atoms with Crippen LogP contribution in [-0.2, 0) is 19.1 Å². The normalized spacial score (nSPS) is 47.4. The lowest BCUT2D eigenvalue weighted by atomic mass is 9.44. The van der Waals surface area contributed by atoms with Crippen molar-refractivity contribution in [3.8, 4) is 0 Å². The fraction of sp³-hybridized carbons (Fsp3) is 0.731. The summed E-state index contributed by atoms with van der Waals surface area (Å²) in [4.78, 5) is 37.8. The Kier molecular flexibility index (Phi) is 5.96. The third-order valence-electron chi connectivity index (χ3n) is 9.46. The standard InChI is InChI=1S/C26H34F2O6/c1-5-6-22(33)34-26(21(32)13-29)14(2)9-16-17-11-19(27)18-10-15(30)7-8-23(18,3)25(17,28)20(31)12-24(16,26)4/h7-8,10,14,16-17,19-20,29,31H,5-6,9,11-13H2,1-4H3/t14-,16+,17+,19+,20+,23+,24+,25+,26+/m1/s1. The minimum Gasteiger partial charge on any atom is -0.450 e. The topological polar surface area (TPSA) is 101 Å². The van der Waals surface area contributed by atoms with Gasteiger partial charge in [0.05, 0.1) is 6.10 Å². The molecule has 8 heteroatoms. The molecule has 0 radical (unpaired) electrons. The Morgan fingerprint density at radius 1 is 1.24 bits per heavy atom. The van der Waals surface area contributed by atoms with Crippen molar-refractivity contribution < 1.29 is 38.1 Å². The van der Waals surface area contributed by atoms with Crippen LogP contribution in [0.1, 0.15) is 59.8 Å². The van der Waals surface area contributed by atoms with Crippen molar-refractivity contribution >= 4 is 17.5 Å². The van der Waals surface area contributed by atoms with Crippen molar-refractivity contribution in [2.45, 2.75) is 83.3 Å². The zero-order valence-corrected chi connectivity index (χ0v) is 20.1. The molecule has 9 atom stereocenters. The number of allylic oxidation sites excluding steroid dienone is 4. The quantitative estimate of drug-likeness (QED) is 0.586. The number of aliphatic hydroxyl groups excluding tert-OH is 2. The van der Waals surface area contributed by atoms with Crippen LogP contribution in [0.25, 0.3) is 0 Å². The number of hydrogen-bond donors (Lipinski definition) is 2. The molecule has 0 bridgehead atoms. The summed E-state index contributed by atoms with van der Waals surface area (Å²) in [6, 6.07) is 0. The molecule has 34 heavy (non-hydrogen) atoms. The van der Waals surface area contributed by atoms with Crippen LogP contribution in [0.15, 0.2) is 23.8 Å². The Morgan fingerprint density at radius 2 is 1.91 bits per heavy atom. The number of ether oxygens (including phenoxy) is 1. The average Bonchev–Trinajstić information content (AvgIpc) is 2.99. The summed E-state index contributed by atoms with van der Waals surface area (Å²) in [7, 11) is 0. The van der Waals surface area contributed by atoms with Gasteiger partial charge in [-0.3, -0.25) is 14.4 Å². The molecule has 0 saturated heterocycles.